The number of thiophene rings is 1. The Bertz CT molecular complexity index is 313. The first-order chi connectivity index (χ1) is 6.66. The normalized spacial score (nSPS) is 29.4. The average Bonchev–Trinajstić information content (AvgIpc) is 2.73. The van der Waals surface area contributed by atoms with E-state index in [1.807, 2.05) is 12.1 Å². The summed E-state index contributed by atoms with van der Waals surface area (Å²) >= 11 is 4.96. The standard InChI is InChI=1S/C10H13BrO2S/c1-6-2-3-7(13-6)10(12)8-4-5-9(11)14-8/h4-7,10,12H,2-3H2,1H3. The maximum atomic E-state index is 10.0. The van der Waals surface area contributed by atoms with Crippen molar-refractivity contribution in [3.8, 4) is 0 Å². The van der Waals surface area contributed by atoms with Crippen molar-refractivity contribution in [2.75, 3.05) is 0 Å². The molecule has 1 aliphatic rings. The van der Waals surface area contributed by atoms with E-state index in [0.29, 0.717) is 0 Å². The smallest absolute Gasteiger partial charge is 0.114 e. The van der Waals surface area contributed by atoms with Crippen LogP contribution < -0.4 is 0 Å². The third-order valence-corrected chi connectivity index (χ3v) is 4.20. The molecule has 1 aromatic rings. The lowest BCUT2D eigenvalue weighted by molar-refractivity contribution is -0.0282. The van der Waals surface area contributed by atoms with E-state index in [1.165, 1.54) is 0 Å². The molecule has 0 spiro atoms. The monoisotopic (exact) mass is 276 g/mol. The van der Waals surface area contributed by atoms with Gasteiger partial charge in [-0.3, -0.25) is 0 Å². The molecule has 0 aromatic carbocycles. The van der Waals surface area contributed by atoms with Crippen LogP contribution in [-0.2, 0) is 4.74 Å². The van der Waals surface area contributed by atoms with Gasteiger partial charge in [-0.05, 0) is 47.8 Å². The highest BCUT2D eigenvalue weighted by molar-refractivity contribution is 9.11. The van der Waals surface area contributed by atoms with Crippen LogP contribution in [-0.4, -0.2) is 17.3 Å². The minimum atomic E-state index is -0.462. The molecule has 1 saturated heterocycles. The van der Waals surface area contributed by atoms with Gasteiger partial charge in [-0.2, -0.15) is 0 Å². The van der Waals surface area contributed by atoms with E-state index in [2.05, 4.69) is 22.9 Å². The number of aliphatic hydroxyl groups excluding tert-OH is 1. The molecule has 14 heavy (non-hydrogen) atoms. The zero-order valence-corrected chi connectivity index (χ0v) is 10.3. The fraction of sp³-hybridized carbons (Fsp3) is 0.600. The van der Waals surface area contributed by atoms with Gasteiger partial charge >= 0.3 is 0 Å². The Morgan fingerprint density at radius 2 is 2.36 bits per heavy atom. The molecule has 2 nitrogen and oxygen atoms in total. The van der Waals surface area contributed by atoms with Crippen LogP contribution in [0.25, 0.3) is 0 Å². The lowest BCUT2D eigenvalue weighted by Crippen LogP contribution is -2.17. The van der Waals surface area contributed by atoms with Crippen LogP contribution in [0.4, 0.5) is 0 Å². The van der Waals surface area contributed by atoms with Crippen LogP contribution in [0.15, 0.2) is 15.9 Å². The quantitative estimate of drug-likeness (QED) is 0.900. The van der Waals surface area contributed by atoms with Gasteiger partial charge in [0.1, 0.15) is 6.10 Å². The number of aliphatic hydroxyl groups is 1. The van der Waals surface area contributed by atoms with Crippen molar-refractivity contribution >= 4 is 27.3 Å². The average molecular weight is 277 g/mol. The third-order valence-electron chi connectivity index (χ3n) is 2.50. The Morgan fingerprint density at radius 1 is 1.57 bits per heavy atom. The summed E-state index contributed by atoms with van der Waals surface area (Å²) in [5, 5.41) is 10.0. The largest absolute Gasteiger partial charge is 0.385 e. The number of hydrogen-bond donors (Lipinski definition) is 1. The molecule has 3 atom stereocenters. The molecule has 0 aliphatic carbocycles. The van der Waals surface area contributed by atoms with Crippen LogP contribution in [0, 0.1) is 0 Å². The van der Waals surface area contributed by atoms with E-state index >= 15 is 0 Å². The molecule has 1 aromatic heterocycles. The van der Waals surface area contributed by atoms with E-state index in [9.17, 15) is 5.11 Å². The van der Waals surface area contributed by atoms with Gasteiger partial charge in [-0.15, -0.1) is 11.3 Å². The first-order valence-corrected chi connectivity index (χ1v) is 6.36. The van der Waals surface area contributed by atoms with Crippen LogP contribution in [0.1, 0.15) is 30.7 Å². The summed E-state index contributed by atoms with van der Waals surface area (Å²) in [6.45, 7) is 2.05. The molecule has 1 aliphatic heterocycles. The van der Waals surface area contributed by atoms with Gasteiger partial charge in [0.05, 0.1) is 16.0 Å². The van der Waals surface area contributed by atoms with Crippen molar-refractivity contribution in [3.63, 3.8) is 0 Å². The molecule has 0 bridgehead atoms. The molecular formula is C10H13BrO2S. The van der Waals surface area contributed by atoms with Crippen molar-refractivity contribution < 1.29 is 9.84 Å². The lowest BCUT2D eigenvalue weighted by Gasteiger charge is -2.16. The first kappa shape index (κ1) is 10.6. The van der Waals surface area contributed by atoms with Crippen LogP contribution >= 0.6 is 27.3 Å². The Balaban J connectivity index is 2.05. The van der Waals surface area contributed by atoms with E-state index < -0.39 is 6.10 Å². The summed E-state index contributed by atoms with van der Waals surface area (Å²) < 4.78 is 6.68. The first-order valence-electron chi connectivity index (χ1n) is 4.75. The van der Waals surface area contributed by atoms with Crippen molar-refractivity contribution in [2.24, 2.45) is 0 Å². The van der Waals surface area contributed by atoms with Crippen LogP contribution in [0.3, 0.4) is 0 Å². The predicted octanol–water partition coefficient (Wildman–Crippen LogP) is 3.11. The van der Waals surface area contributed by atoms with Gasteiger partial charge in [0.15, 0.2) is 0 Å². The summed E-state index contributed by atoms with van der Waals surface area (Å²) in [4.78, 5) is 0.982. The molecule has 0 radical (unpaired) electrons. The zero-order valence-electron chi connectivity index (χ0n) is 7.94. The highest BCUT2D eigenvalue weighted by Gasteiger charge is 2.29. The Hall–Kier alpha value is 0.1000. The fourth-order valence-electron chi connectivity index (χ4n) is 1.74. The van der Waals surface area contributed by atoms with Crippen molar-refractivity contribution in [1.29, 1.82) is 0 Å². The molecule has 2 rings (SSSR count). The zero-order chi connectivity index (χ0) is 10.1. The topological polar surface area (TPSA) is 29.5 Å². The molecule has 78 valence electrons. The highest BCUT2D eigenvalue weighted by atomic mass is 79.9. The van der Waals surface area contributed by atoms with Gasteiger partial charge in [0.2, 0.25) is 0 Å². The SMILES string of the molecule is CC1CCC(C(O)c2ccc(Br)s2)O1. The van der Waals surface area contributed by atoms with E-state index in [-0.39, 0.29) is 12.2 Å². The molecule has 0 saturated carbocycles. The molecule has 0 amide bonds. The lowest BCUT2D eigenvalue weighted by atomic mass is 10.1. The number of halogens is 1. The summed E-state index contributed by atoms with van der Waals surface area (Å²) in [6.07, 6.45) is 1.82. The molecule has 2 heterocycles. The molecule has 3 unspecified atom stereocenters. The number of rotatable bonds is 2. The third kappa shape index (κ3) is 2.19. The summed E-state index contributed by atoms with van der Waals surface area (Å²) in [5.74, 6) is 0. The predicted molar refractivity (Wildman–Crippen MR) is 60.5 cm³/mol. The number of ether oxygens (including phenoxy) is 1. The van der Waals surface area contributed by atoms with Crippen molar-refractivity contribution in [1.82, 2.24) is 0 Å². The van der Waals surface area contributed by atoms with E-state index in [4.69, 9.17) is 4.74 Å². The second kappa shape index (κ2) is 4.31. The Labute approximate surface area is 96.0 Å². The summed E-state index contributed by atoms with van der Waals surface area (Å²) in [7, 11) is 0. The van der Waals surface area contributed by atoms with Gasteiger partial charge in [0, 0.05) is 4.88 Å². The maximum Gasteiger partial charge on any atom is 0.114 e. The molecule has 1 N–H and O–H groups in total. The van der Waals surface area contributed by atoms with Gasteiger partial charge in [0.25, 0.3) is 0 Å². The maximum absolute atomic E-state index is 10.0. The minimum absolute atomic E-state index is 0.0180. The van der Waals surface area contributed by atoms with Crippen molar-refractivity contribution in [3.05, 3.63) is 20.8 Å². The second-order valence-corrected chi connectivity index (χ2v) is 6.14. The van der Waals surface area contributed by atoms with Crippen LogP contribution in [0.2, 0.25) is 0 Å². The highest BCUT2D eigenvalue weighted by Crippen LogP contribution is 2.34. The summed E-state index contributed by atoms with van der Waals surface area (Å²) in [5.41, 5.74) is 0. The number of hydrogen-bond acceptors (Lipinski definition) is 3. The van der Waals surface area contributed by atoms with Gasteiger partial charge in [-0.1, -0.05) is 0 Å². The van der Waals surface area contributed by atoms with E-state index in [1.54, 1.807) is 11.3 Å². The van der Waals surface area contributed by atoms with E-state index in [0.717, 1.165) is 21.5 Å². The fourth-order valence-corrected chi connectivity index (χ4v) is 3.20. The molecule has 4 heteroatoms. The molecular weight excluding hydrogens is 264 g/mol. The minimum Gasteiger partial charge on any atom is -0.385 e. The van der Waals surface area contributed by atoms with Gasteiger partial charge in [-0.25, -0.2) is 0 Å². The van der Waals surface area contributed by atoms with Gasteiger partial charge < -0.3 is 9.84 Å². The Morgan fingerprint density at radius 3 is 2.86 bits per heavy atom. The molecule has 1 fully saturated rings. The van der Waals surface area contributed by atoms with Crippen molar-refractivity contribution in [2.45, 2.75) is 38.1 Å². The second-order valence-electron chi connectivity index (χ2n) is 3.65. The summed E-state index contributed by atoms with van der Waals surface area (Å²) in [6, 6.07) is 3.91. The Kier molecular flexibility index (Phi) is 3.27. The van der Waals surface area contributed by atoms with Crippen LogP contribution in [0.5, 0.6) is 0 Å².